The van der Waals surface area contributed by atoms with Crippen LogP contribution in [0.3, 0.4) is 0 Å². The maximum absolute atomic E-state index is 13.9. The van der Waals surface area contributed by atoms with Gasteiger partial charge < -0.3 is 14.4 Å². The minimum absolute atomic E-state index is 0.00482. The van der Waals surface area contributed by atoms with Crippen molar-refractivity contribution in [3.63, 3.8) is 0 Å². The van der Waals surface area contributed by atoms with Gasteiger partial charge in [0, 0.05) is 46.4 Å². The molecule has 1 aliphatic heterocycles. The molecule has 0 N–H and O–H groups in total. The molecule has 1 aromatic carbocycles. The lowest BCUT2D eigenvalue weighted by Gasteiger charge is -2.42. The fraction of sp³-hybridized carbons (Fsp3) is 0.588. The zero-order valence-corrected chi connectivity index (χ0v) is 14.0. The van der Waals surface area contributed by atoms with Crippen molar-refractivity contribution < 1.29 is 18.7 Å². The van der Waals surface area contributed by atoms with E-state index in [4.69, 9.17) is 9.47 Å². The van der Waals surface area contributed by atoms with E-state index >= 15 is 0 Å². The molecule has 0 radical (unpaired) electrons. The molecule has 1 unspecified atom stereocenters. The summed E-state index contributed by atoms with van der Waals surface area (Å²) < 4.78 is 25.1. The molecule has 0 saturated carbocycles. The molecule has 0 aliphatic carbocycles. The average Bonchev–Trinajstić information content (AvgIpc) is 2.50. The lowest BCUT2D eigenvalue weighted by molar-refractivity contribution is -0.160. The van der Waals surface area contributed by atoms with Crippen LogP contribution in [0.2, 0.25) is 0 Å². The van der Waals surface area contributed by atoms with E-state index in [1.54, 1.807) is 38.2 Å². The first-order valence-electron chi connectivity index (χ1n) is 7.74. The largest absolute Gasteiger partial charge is 0.382 e. The Morgan fingerprint density at radius 3 is 2.83 bits per heavy atom. The fourth-order valence-corrected chi connectivity index (χ4v) is 2.87. The molecule has 6 heteroatoms. The zero-order chi connectivity index (χ0) is 16.9. The van der Waals surface area contributed by atoms with Gasteiger partial charge in [-0.1, -0.05) is 18.2 Å². The Morgan fingerprint density at radius 2 is 2.17 bits per heavy atom. The molecule has 2 rings (SSSR count). The Hall–Kier alpha value is -1.50. The lowest BCUT2D eigenvalue weighted by Crippen LogP contribution is -2.55. The summed E-state index contributed by atoms with van der Waals surface area (Å²) >= 11 is 0. The number of carbonyl (C=O) groups is 1. The SMILES string of the molecule is COCC1(CC(=O)N(C)C)CN(Cc2ccccc2F)CCO1. The van der Waals surface area contributed by atoms with E-state index in [-0.39, 0.29) is 18.1 Å². The number of halogens is 1. The van der Waals surface area contributed by atoms with Crippen LogP contribution >= 0.6 is 0 Å². The van der Waals surface area contributed by atoms with E-state index in [9.17, 15) is 9.18 Å². The highest BCUT2D eigenvalue weighted by Gasteiger charge is 2.39. The van der Waals surface area contributed by atoms with Gasteiger partial charge in [-0.25, -0.2) is 4.39 Å². The summed E-state index contributed by atoms with van der Waals surface area (Å²) in [7, 11) is 5.05. The summed E-state index contributed by atoms with van der Waals surface area (Å²) in [4.78, 5) is 15.8. The smallest absolute Gasteiger partial charge is 0.225 e. The Labute approximate surface area is 137 Å². The number of morpholine rings is 1. The van der Waals surface area contributed by atoms with Crippen LogP contribution in [0.5, 0.6) is 0 Å². The average molecular weight is 324 g/mol. The summed E-state index contributed by atoms with van der Waals surface area (Å²) in [6, 6.07) is 6.77. The summed E-state index contributed by atoms with van der Waals surface area (Å²) in [6.45, 7) is 2.57. The third-order valence-electron chi connectivity index (χ3n) is 4.06. The van der Waals surface area contributed by atoms with Crippen molar-refractivity contribution in [3.8, 4) is 0 Å². The van der Waals surface area contributed by atoms with Crippen LogP contribution in [0.15, 0.2) is 24.3 Å². The van der Waals surface area contributed by atoms with Gasteiger partial charge in [0.1, 0.15) is 11.4 Å². The number of hydrogen-bond acceptors (Lipinski definition) is 4. The number of hydrogen-bond donors (Lipinski definition) is 0. The molecule has 1 aromatic rings. The Morgan fingerprint density at radius 1 is 1.43 bits per heavy atom. The van der Waals surface area contributed by atoms with Crippen LogP contribution in [0.4, 0.5) is 4.39 Å². The topological polar surface area (TPSA) is 42.0 Å². The molecule has 1 saturated heterocycles. The first-order valence-corrected chi connectivity index (χ1v) is 7.74. The van der Waals surface area contributed by atoms with Gasteiger partial charge in [0.25, 0.3) is 0 Å². The van der Waals surface area contributed by atoms with E-state index in [1.165, 1.54) is 6.07 Å². The fourth-order valence-electron chi connectivity index (χ4n) is 2.87. The van der Waals surface area contributed by atoms with Crippen molar-refractivity contribution in [2.24, 2.45) is 0 Å². The van der Waals surface area contributed by atoms with Crippen molar-refractivity contribution in [3.05, 3.63) is 35.6 Å². The highest BCUT2D eigenvalue weighted by atomic mass is 19.1. The Balaban J connectivity index is 2.09. The minimum atomic E-state index is -0.681. The van der Waals surface area contributed by atoms with Crippen LogP contribution in [-0.2, 0) is 20.8 Å². The van der Waals surface area contributed by atoms with Crippen LogP contribution < -0.4 is 0 Å². The van der Waals surface area contributed by atoms with Crippen molar-refractivity contribution >= 4 is 5.91 Å². The first-order chi connectivity index (χ1) is 11.0. The standard InChI is InChI=1S/C17H25FN2O3/c1-19(2)16(21)10-17(13-22-3)12-20(8-9-23-17)11-14-6-4-5-7-15(14)18/h4-7H,8-13H2,1-3H3. The number of amides is 1. The second kappa shape index (κ2) is 7.86. The molecule has 1 amide bonds. The van der Waals surface area contributed by atoms with Crippen LogP contribution in [-0.4, -0.2) is 68.8 Å². The minimum Gasteiger partial charge on any atom is -0.382 e. The van der Waals surface area contributed by atoms with Crippen molar-refractivity contribution in [1.29, 1.82) is 0 Å². The van der Waals surface area contributed by atoms with E-state index in [2.05, 4.69) is 4.90 Å². The highest BCUT2D eigenvalue weighted by molar-refractivity contribution is 5.76. The van der Waals surface area contributed by atoms with Gasteiger partial charge in [0.15, 0.2) is 0 Å². The van der Waals surface area contributed by atoms with Crippen LogP contribution in [0.1, 0.15) is 12.0 Å². The number of benzene rings is 1. The quantitative estimate of drug-likeness (QED) is 0.796. The van der Waals surface area contributed by atoms with Crippen molar-refractivity contribution in [1.82, 2.24) is 9.80 Å². The summed E-state index contributed by atoms with van der Waals surface area (Å²) in [5, 5.41) is 0. The predicted octanol–water partition coefficient (Wildman–Crippen LogP) is 1.52. The number of rotatable bonds is 6. The van der Waals surface area contributed by atoms with Crippen LogP contribution in [0.25, 0.3) is 0 Å². The molecular weight excluding hydrogens is 299 g/mol. The molecule has 0 aromatic heterocycles. The van der Waals surface area contributed by atoms with Gasteiger partial charge in [0.2, 0.25) is 5.91 Å². The molecule has 1 aliphatic rings. The molecule has 23 heavy (non-hydrogen) atoms. The number of nitrogens with zero attached hydrogens (tertiary/aromatic N) is 2. The van der Waals surface area contributed by atoms with Crippen LogP contribution in [0, 0.1) is 5.82 Å². The van der Waals surface area contributed by atoms with E-state index in [0.717, 1.165) is 0 Å². The highest BCUT2D eigenvalue weighted by Crippen LogP contribution is 2.25. The molecule has 1 fully saturated rings. The number of ether oxygens (including phenoxy) is 2. The molecule has 0 bridgehead atoms. The molecule has 0 spiro atoms. The van der Waals surface area contributed by atoms with Gasteiger partial charge >= 0.3 is 0 Å². The molecular formula is C17H25FN2O3. The Bertz CT molecular complexity index is 534. The van der Waals surface area contributed by atoms with E-state index in [0.29, 0.717) is 38.4 Å². The lowest BCUT2D eigenvalue weighted by atomic mass is 9.96. The molecule has 1 heterocycles. The Kier molecular flexibility index (Phi) is 6.10. The van der Waals surface area contributed by atoms with Gasteiger partial charge in [0.05, 0.1) is 19.6 Å². The monoisotopic (exact) mass is 324 g/mol. The van der Waals surface area contributed by atoms with Gasteiger partial charge in [-0.15, -0.1) is 0 Å². The summed E-state index contributed by atoms with van der Waals surface area (Å²) in [5.74, 6) is -0.213. The molecule has 5 nitrogen and oxygen atoms in total. The van der Waals surface area contributed by atoms with Gasteiger partial charge in [-0.3, -0.25) is 9.69 Å². The van der Waals surface area contributed by atoms with Crippen molar-refractivity contribution in [2.45, 2.75) is 18.6 Å². The molecule has 128 valence electrons. The third-order valence-corrected chi connectivity index (χ3v) is 4.06. The summed E-state index contributed by atoms with van der Waals surface area (Å²) in [6.07, 6.45) is 0.252. The summed E-state index contributed by atoms with van der Waals surface area (Å²) in [5.41, 5.74) is -0.0285. The second-order valence-electron chi connectivity index (χ2n) is 6.23. The maximum atomic E-state index is 13.9. The second-order valence-corrected chi connectivity index (χ2v) is 6.23. The van der Waals surface area contributed by atoms with Gasteiger partial charge in [-0.05, 0) is 6.07 Å². The van der Waals surface area contributed by atoms with Gasteiger partial charge in [-0.2, -0.15) is 0 Å². The van der Waals surface area contributed by atoms with E-state index < -0.39 is 5.60 Å². The normalized spacial score (nSPS) is 22.1. The predicted molar refractivity (Wildman–Crippen MR) is 85.5 cm³/mol. The number of methoxy groups -OCH3 is 1. The molecule has 1 atom stereocenters. The number of carbonyl (C=O) groups excluding carboxylic acids is 1. The first kappa shape index (κ1) is 17.8. The van der Waals surface area contributed by atoms with E-state index in [1.807, 2.05) is 6.07 Å². The maximum Gasteiger partial charge on any atom is 0.225 e. The zero-order valence-electron chi connectivity index (χ0n) is 14.0. The van der Waals surface area contributed by atoms with Crippen molar-refractivity contribution in [2.75, 3.05) is 47.5 Å². The third kappa shape index (κ3) is 4.73.